The van der Waals surface area contributed by atoms with Gasteiger partial charge in [-0.3, -0.25) is 0 Å². The van der Waals surface area contributed by atoms with Gasteiger partial charge in [0.2, 0.25) is 17.2 Å². The van der Waals surface area contributed by atoms with Crippen LogP contribution in [0.4, 0.5) is 11.9 Å². The highest BCUT2D eigenvalue weighted by atomic mass is 35.5. The Bertz CT molecular complexity index is 370. The van der Waals surface area contributed by atoms with Gasteiger partial charge in [-0.15, -0.1) is 0 Å². The van der Waals surface area contributed by atoms with Gasteiger partial charge in [-0.1, -0.05) is 0 Å². The fraction of sp³-hybridized carbons (Fsp3) is 0.500. The first kappa shape index (κ1) is 10.5. The molecule has 0 aliphatic rings. The van der Waals surface area contributed by atoms with Crippen molar-refractivity contribution in [1.29, 1.82) is 0 Å². The molecule has 0 spiro atoms. The van der Waals surface area contributed by atoms with Crippen molar-refractivity contribution in [3.05, 3.63) is 15.7 Å². The lowest BCUT2D eigenvalue weighted by atomic mass is 10.4. The van der Waals surface area contributed by atoms with E-state index >= 15 is 0 Å². The monoisotopic (exact) mass is 213 g/mol. The van der Waals surface area contributed by atoms with E-state index in [1.165, 1.54) is 0 Å². The van der Waals surface area contributed by atoms with Gasteiger partial charge in [0.1, 0.15) is 0 Å². The Hall–Kier alpha value is -1.59. The van der Waals surface area contributed by atoms with Crippen LogP contribution in [0.25, 0.3) is 10.4 Å². The zero-order valence-corrected chi connectivity index (χ0v) is 8.39. The van der Waals surface area contributed by atoms with Crippen LogP contribution in [0.2, 0.25) is 5.28 Å². The summed E-state index contributed by atoms with van der Waals surface area (Å²) >= 11 is 5.58. The number of rotatable bonds is 3. The average Bonchev–Trinajstić information content (AvgIpc) is 2.01. The van der Waals surface area contributed by atoms with Crippen molar-refractivity contribution in [2.24, 2.45) is 5.11 Å². The van der Waals surface area contributed by atoms with Crippen molar-refractivity contribution in [1.82, 2.24) is 15.0 Å². The van der Waals surface area contributed by atoms with Crippen molar-refractivity contribution in [2.45, 2.75) is 19.9 Å². The first-order valence-electron chi connectivity index (χ1n) is 3.85. The summed E-state index contributed by atoms with van der Waals surface area (Å²) in [7, 11) is 0. The molecule has 7 nitrogen and oxygen atoms in total. The predicted molar refractivity (Wildman–Crippen MR) is 52.4 cm³/mol. The molecule has 8 heteroatoms. The van der Waals surface area contributed by atoms with E-state index in [1.807, 2.05) is 13.8 Å². The molecule has 0 aliphatic heterocycles. The van der Waals surface area contributed by atoms with Gasteiger partial charge >= 0.3 is 0 Å². The maximum Gasteiger partial charge on any atom is 0.227 e. The summed E-state index contributed by atoms with van der Waals surface area (Å²) in [4.78, 5) is 13.8. The van der Waals surface area contributed by atoms with E-state index in [9.17, 15) is 0 Å². The number of hydrogen-bond donors (Lipinski definition) is 1. The smallest absolute Gasteiger partial charge is 0.227 e. The van der Waals surface area contributed by atoms with Crippen LogP contribution in [0.3, 0.4) is 0 Å². The molecule has 0 saturated carbocycles. The Kier molecular flexibility index (Phi) is 3.44. The van der Waals surface area contributed by atoms with Crippen molar-refractivity contribution >= 4 is 23.5 Å². The summed E-state index contributed by atoms with van der Waals surface area (Å²) in [5.41, 5.74) is 8.18. The fourth-order valence-corrected chi connectivity index (χ4v) is 0.903. The third kappa shape index (κ3) is 3.04. The Morgan fingerprint density at radius 1 is 1.43 bits per heavy atom. The van der Waals surface area contributed by atoms with Gasteiger partial charge in [-0.25, -0.2) is 0 Å². The molecule has 0 fully saturated rings. The van der Waals surface area contributed by atoms with E-state index in [4.69, 9.17) is 17.1 Å². The van der Waals surface area contributed by atoms with Gasteiger partial charge in [-0.05, 0) is 36.1 Å². The Balaban J connectivity index is 3.00. The maximum absolute atomic E-state index is 8.18. The van der Waals surface area contributed by atoms with Crippen LogP contribution in [0, 0.1) is 0 Å². The third-order valence-corrected chi connectivity index (χ3v) is 1.32. The first-order chi connectivity index (χ1) is 6.61. The molecule has 1 N–H and O–H groups in total. The van der Waals surface area contributed by atoms with Crippen LogP contribution in [0.5, 0.6) is 0 Å². The lowest BCUT2D eigenvalue weighted by Crippen LogP contribution is -2.12. The highest BCUT2D eigenvalue weighted by molar-refractivity contribution is 6.28. The molecule has 1 aromatic rings. The van der Waals surface area contributed by atoms with Gasteiger partial charge < -0.3 is 5.32 Å². The molecule has 0 radical (unpaired) electrons. The summed E-state index contributed by atoms with van der Waals surface area (Å²) in [5, 5.41) is 6.13. The van der Waals surface area contributed by atoms with E-state index in [0.29, 0.717) is 5.95 Å². The second-order valence-electron chi connectivity index (χ2n) is 2.72. The van der Waals surface area contributed by atoms with Gasteiger partial charge in [0.25, 0.3) is 0 Å². The molecule has 0 aliphatic carbocycles. The second-order valence-corrected chi connectivity index (χ2v) is 3.05. The normalized spacial score (nSPS) is 9.71. The number of azide groups is 1. The molecule has 1 rings (SSSR count). The summed E-state index contributed by atoms with van der Waals surface area (Å²) in [5.74, 6) is 0.248. The molecule has 0 atom stereocenters. The quantitative estimate of drug-likeness (QED) is 0.473. The molecule has 0 bridgehead atoms. The highest BCUT2D eigenvalue weighted by Crippen LogP contribution is 2.12. The lowest BCUT2D eigenvalue weighted by Gasteiger charge is -2.07. The largest absolute Gasteiger partial charge is 0.352 e. The minimum atomic E-state index is -0.0457. The SMILES string of the molecule is CC(C)Nc1nc(Cl)nc(N=[N+]=[N-])n1. The third-order valence-electron chi connectivity index (χ3n) is 1.15. The number of hydrogen-bond acceptors (Lipinski definition) is 5. The number of nitrogens with one attached hydrogen (secondary N) is 1. The van der Waals surface area contributed by atoms with Gasteiger partial charge in [0, 0.05) is 11.0 Å². The van der Waals surface area contributed by atoms with Crippen molar-refractivity contribution in [2.75, 3.05) is 5.32 Å². The number of nitrogens with zero attached hydrogens (tertiary/aromatic N) is 6. The molecule has 0 unspecified atom stereocenters. The predicted octanol–water partition coefficient (Wildman–Crippen LogP) is 2.29. The minimum Gasteiger partial charge on any atom is -0.352 e. The van der Waals surface area contributed by atoms with Crippen LogP contribution in [-0.4, -0.2) is 21.0 Å². The lowest BCUT2D eigenvalue weighted by molar-refractivity contribution is 0.866. The van der Waals surface area contributed by atoms with Crippen LogP contribution in [-0.2, 0) is 0 Å². The topological polar surface area (TPSA) is 99.5 Å². The average molecular weight is 214 g/mol. The zero-order valence-electron chi connectivity index (χ0n) is 7.64. The molecule has 74 valence electrons. The fourth-order valence-electron chi connectivity index (χ4n) is 0.747. The van der Waals surface area contributed by atoms with Crippen molar-refractivity contribution < 1.29 is 0 Å². The van der Waals surface area contributed by atoms with Crippen LogP contribution >= 0.6 is 11.6 Å². The summed E-state index contributed by atoms with van der Waals surface area (Å²) in [6.07, 6.45) is 0. The zero-order chi connectivity index (χ0) is 10.6. The first-order valence-corrected chi connectivity index (χ1v) is 4.23. The van der Waals surface area contributed by atoms with Crippen molar-refractivity contribution in [3.63, 3.8) is 0 Å². The van der Waals surface area contributed by atoms with E-state index in [-0.39, 0.29) is 17.3 Å². The van der Waals surface area contributed by atoms with Crippen LogP contribution < -0.4 is 5.32 Å². The molecule has 14 heavy (non-hydrogen) atoms. The molecule has 1 aromatic heterocycles. The molecule has 0 saturated heterocycles. The maximum atomic E-state index is 8.18. The second kappa shape index (κ2) is 4.59. The minimum absolute atomic E-state index is 0.00875. The highest BCUT2D eigenvalue weighted by Gasteiger charge is 2.03. The Morgan fingerprint density at radius 3 is 2.71 bits per heavy atom. The molecule has 0 aromatic carbocycles. The number of halogens is 1. The summed E-state index contributed by atoms with van der Waals surface area (Å²) < 4.78 is 0. The molecular formula is C6H8ClN7. The van der Waals surface area contributed by atoms with Crippen molar-refractivity contribution in [3.8, 4) is 0 Å². The van der Waals surface area contributed by atoms with E-state index in [1.54, 1.807) is 0 Å². The van der Waals surface area contributed by atoms with E-state index < -0.39 is 0 Å². The number of aromatic nitrogens is 3. The van der Waals surface area contributed by atoms with E-state index in [2.05, 4.69) is 30.3 Å². The molecule has 1 heterocycles. The summed E-state index contributed by atoms with van der Waals surface area (Å²) in [6.45, 7) is 3.84. The van der Waals surface area contributed by atoms with Gasteiger partial charge in [0.15, 0.2) is 0 Å². The van der Waals surface area contributed by atoms with Crippen LogP contribution in [0.1, 0.15) is 13.8 Å². The summed E-state index contributed by atoms with van der Waals surface area (Å²) in [6, 6.07) is 0.160. The van der Waals surface area contributed by atoms with Gasteiger partial charge in [0.05, 0.1) is 0 Å². The van der Waals surface area contributed by atoms with Crippen LogP contribution in [0.15, 0.2) is 5.11 Å². The molecule has 0 amide bonds. The Labute approximate surface area is 85.2 Å². The Morgan fingerprint density at radius 2 is 2.14 bits per heavy atom. The van der Waals surface area contributed by atoms with E-state index in [0.717, 1.165) is 0 Å². The van der Waals surface area contributed by atoms with Gasteiger partial charge in [-0.2, -0.15) is 15.0 Å². The molecular weight excluding hydrogens is 206 g/mol. The standard InChI is InChI=1S/C6H8ClN7/c1-3(2)9-5-10-4(7)11-6(12-5)13-14-8/h3H,1-2H3,(H,9,10,11,12). The number of anilines is 1.